The highest BCUT2D eigenvalue weighted by atomic mass is 79.9. The summed E-state index contributed by atoms with van der Waals surface area (Å²) >= 11 is 3.39. The Bertz CT molecular complexity index is 515. The number of likely N-dealkylation sites (N-methyl/N-ethyl adjacent to an activating group) is 1. The lowest BCUT2D eigenvalue weighted by molar-refractivity contribution is -0.123. The van der Waals surface area contributed by atoms with E-state index in [9.17, 15) is 9.59 Å². The van der Waals surface area contributed by atoms with Crippen LogP contribution in [0.4, 0.5) is 0 Å². The van der Waals surface area contributed by atoms with Crippen molar-refractivity contribution in [2.45, 2.75) is 40.2 Å². The smallest absolute Gasteiger partial charge is 0.254 e. The quantitative estimate of drug-likeness (QED) is 0.902. The molecule has 0 unspecified atom stereocenters. The number of carbonyl (C=O) groups excluding carboxylic acids is 2. The molecule has 0 atom stereocenters. The summed E-state index contributed by atoms with van der Waals surface area (Å²) in [6, 6.07) is 5.55. The molecule has 1 aromatic rings. The van der Waals surface area contributed by atoms with Crippen LogP contribution in [-0.2, 0) is 4.79 Å². The van der Waals surface area contributed by atoms with E-state index < -0.39 is 0 Å². The van der Waals surface area contributed by atoms with Gasteiger partial charge in [0.1, 0.15) is 0 Å². The monoisotopic (exact) mass is 354 g/mol. The van der Waals surface area contributed by atoms with Gasteiger partial charge in [-0.2, -0.15) is 0 Å². The molecule has 1 aromatic carbocycles. The first-order valence-electron chi connectivity index (χ1n) is 7.00. The first-order valence-corrected chi connectivity index (χ1v) is 7.79. The molecular formula is C16H23BrN2O2. The summed E-state index contributed by atoms with van der Waals surface area (Å²) in [4.78, 5) is 26.0. The number of nitrogens with zero attached hydrogens (tertiary/aromatic N) is 1. The van der Waals surface area contributed by atoms with Gasteiger partial charge in [0.25, 0.3) is 5.91 Å². The molecule has 1 rings (SSSR count). The van der Waals surface area contributed by atoms with Gasteiger partial charge in [-0.05, 0) is 58.4 Å². The standard InChI is InChI=1S/C16H23BrN2O2/c1-6-19(10-14(20)18-16(3,4)5)15(21)12-7-11(2)8-13(17)9-12/h7-9H,6,10H2,1-5H3,(H,18,20). The highest BCUT2D eigenvalue weighted by Crippen LogP contribution is 2.17. The van der Waals surface area contributed by atoms with Crippen molar-refractivity contribution >= 4 is 27.7 Å². The zero-order valence-electron chi connectivity index (χ0n) is 13.3. The lowest BCUT2D eigenvalue weighted by atomic mass is 10.1. The van der Waals surface area contributed by atoms with Crippen molar-refractivity contribution in [1.29, 1.82) is 0 Å². The van der Waals surface area contributed by atoms with Crippen LogP contribution in [-0.4, -0.2) is 35.3 Å². The van der Waals surface area contributed by atoms with Gasteiger partial charge >= 0.3 is 0 Å². The van der Waals surface area contributed by atoms with Gasteiger partial charge < -0.3 is 10.2 Å². The van der Waals surface area contributed by atoms with Crippen LogP contribution in [0.25, 0.3) is 0 Å². The molecule has 0 aliphatic rings. The number of amides is 2. The number of hydrogen-bond acceptors (Lipinski definition) is 2. The van der Waals surface area contributed by atoms with E-state index in [1.165, 1.54) is 0 Å². The van der Waals surface area contributed by atoms with Crippen molar-refractivity contribution in [3.63, 3.8) is 0 Å². The maximum atomic E-state index is 12.5. The molecule has 116 valence electrons. The number of nitrogens with one attached hydrogen (secondary N) is 1. The normalized spacial score (nSPS) is 11.1. The molecule has 0 aliphatic heterocycles. The van der Waals surface area contributed by atoms with Gasteiger partial charge in [-0.1, -0.05) is 15.9 Å². The maximum Gasteiger partial charge on any atom is 0.254 e. The highest BCUT2D eigenvalue weighted by Gasteiger charge is 2.20. The van der Waals surface area contributed by atoms with Gasteiger partial charge in [-0.25, -0.2) is 0 Å². The summed E-state index contributed by atoms with van der Waals surface area (Å²) in [5.41, 5.74) is 1.29. The Labute approximate surface area is 135 Å². The van der Waals surface area contributed by atoms with Gasteiger partial charge in [0.2, 0.25) is 5.91 Å². The first-order chi connectivity index (χ1) is 9.62. The van der Waals surface area contributed by atoms with Crippen molar-refractivity contribution in [3.8, 4) is 0 Å². The fourth-order valence-electron chi connectivity index (χ4n) is 2.00. The second-order valence-corrected chi connectivity index (χ2v) is 7.05. The number of rotatable bonds is 4. The topological polar surface area (TPSA) is 49.4 Å². The van der Waals surface area contributed by atoms with Gasteiger partial charge in [-0.3, -0.25) is 9.59 Å². The molecule has 5 heteroatoms. The maximum absolute atomic E-state index is 12.5. The molecule has 0 radical (unpaired) electrons. The van der Waals surface area contributed by atoms with E-state index in [0.717, 1.165) is 10.0 Å². The van der Waals surface area contributed by atoms with Crippen LogP contribution < -0.4 is 5.32 Å². The summed E-state index contributed by atoms with van der Waals surface area (Å²) in [5, 5.41) is 2.87. The van der Waals surface area contributed by atoms with Crippen molar-refractivity contribution in [2.75, 3.05) is 13.1 Å². The Morgan fingerprint density at radius 1 is 1.24 bits per heavy atom. The minimum atomic E-state index is -0.300. The van der Waals surface area contributed by atoms with Crippen LogP contribution in [0.5, 0.6) is 0 Å². The molecule has 1 N–H and O–H groups in total. The summed E-state index contributed by atoms with van der Waals surface area (Å²) < 4.78 is 0.862. The van der Waals surface area contributed by atoms with Crippen LogP contribution in [0, 0.1) is 6.92 Å². The second-order valence-electron chi connectivity index (χ2n) is 6.13. The average Bonchev–Trinajstić information content (AvgIpc) is 2.31. The molecule has 4 nitrogen and oxygen atoms in total. The Morgan fingerprint density at radius 3 is 2.33 bits per heavy atom. The number of aryl methyl sites for hydroxylation is 1. The number of halogens is 1. The molecule has 0 aliphatic carbocycles. The van der Waals surface area contributed by atoms with Crippen LogP contribution >= 0.6 is 15.9 Å². The van der Waals surface area contributed by atoms with Crippen molar-refractivity contribution < 1.29 is 9.59 Å². The largest absolute Gasteiger partial charge is 0.350 e. The van der Waals surface area contributed by atoms with Gasteiger partial charge in [0.05, 0.1) is 6.54 Å². The van der Waals surface area contributed by atoms with E-state index in [2.05, 4.69) is 21.2 Å². The Hall–Kier alpha value is -1.36. The zero-order chi connectivity index (χ0) is 16.2. The summed E-state index contributed by atoms with van der Waals surface area (Å²) in [6.07, 6.45) is 0. The average molecular weight is 355 g/mol. The number of hydrogen-bond donors (Lipinski definition) is 1. The fourth-order valence-corrected chi connectivity index (χ4v) is 2.61. The van der Waals surface area contributed by atoms with Crippen LogP contribution in [0.1, 0.15) is 43.6 Å². The van der Waals surface area contributed by atoms with Gasteiger partial charge in [-0.15, -0.1) is 0 Å². The van der Waals surface area contributed by atoms with E-state index in [4.69, 9.17) is 0 Å². The molecule has 0 saturated carbocycles. The van der Waals surface area contributed by atoms with E-state index in [-0.39, 0.29) is 23.9 Å². The minimum Gasteiger partial charge on any atom is -0.350 e. The lowest BCUT2D eigenvalue weighted by Crippen LogP contribution is -2.47. The van der Waals surface area contributed by atoms with Crippen LogP contribution in [0.2, 0.25) is 0 Å². The Balaban J connectivity index is 2.84. The van der Waals surface area contributed by atoms with Gasteiger partial charge in [0, 0.05) is 22.1 Å². The summed E-state index contributed by atoms with van der Waals surface area (Å²) in [5.74, 6) is -0.282. The summed E-state index contributed by atoms with van der Waals surface area (Å²) in [7, 11) is 0. The molecule has 0 bridgehead atoms. The molecule has 0 saturated heterocycles. The number of carbonyl (C=O) groups is 2. The van der Waals surface area contributed by atoms with E-state index in [1.807, 2.05) is 46.8 Å². The fraction of sp³-hybridized carbons (Fsp3) is 0.500. The van der Waals surface area contributed by atoms with Crippen molar-refractivity contribution in [2.24, 2.45) is 0 Å². The SMILES string of the molecule is CCN(CC(=O)NC(C)(C)C)C(=O)c1cc(C)cc(Br)c1. The second kappa shape index (κ2) is 7.07. The summed E-state index contributed by atoms with van der Waals surface area (Å²) in [6.45, 7) is 10.1. The first kappa shape index (κ1) is 17.7. The molecule has 21 heavy (non-hydrogen) atoms. The molecule has 0 spiro atoms. The Kier molecular flexibility index (Phi) is 5.96. The van der Waals surface area contributed by atoms with Gasteiger partial charge in [0.15, 0.2) is 0 Å². The highest BCUT2D eigenvalue weighted by molar-refractivity contribution is 9.10. The van der Waals surface area contributed by atoms with E-state index in [1.54, 1.807) is 11.0 Å². The molecule has 0 heterocycles. The Morgan fingerprint density at radius 2 is 1.86 bits per heavy atom. The lowest BCUT2D eigenvalue weighted by Gasteiger charge is -2.25. The van der Waals surface area contributed by atoms with E-state index in [0.29, 0.717) is 12.1 Å². The van der Waals surface area contributed by atoms with E-state index >= 15 is 0 Å². The van der Waals surface area contributed by atoms with Crippen LogP contribution in [0.15, 0.2) is 22.7 Å². The third kappa shape index (κ3) is 5.87. The predicted molar refractivity (Wildman–Crippen MR) is 88.4 cm³/mol. The third-order valence-corrected chi connectivity index (χ3v) is 3.26. The molecular weight excluding hydrogens is 332 g/mol. The predicted octanol–water partition coefficient (Wildman–Crippen LogP) is 3.13. The van der Waals surface area contributed by atoms with Crippen LogP contribution in [0.3, 0.4) is 0 Å². The zero-order valence-corrected chi connectivity index (χ0v) is 14.9. The van der Waals surface area contributed by atoms with Crippen molar-refractivity contribution in [1.82, 2.24) is 10.2 Å². The molecule has 0 aromatic heterocycles. The van der Waals surface area contributed by atoms with Crippen molar-refractivity contribution in [3.05, 3.63) is 33.8 Å². The minimum absolute atomic E-state index is 0.0676. The number of benzene rings is 1. The molecule has 2 amide bonds. The molecule has 0 fully saturated rings. The third-order valence-electron chi connectivity index (χ3n) is 2.81.